The zero-order valence-corrected chi connectivity index (χ0v) is 21.4. The molecular weight excluding hydrogens is 529 g/mol. The number of likely N-dealkylation sites (tertiary alicyclic amines) is 1. The van der Waals surface area contributed by atoms with Crippen molar-refractivity contribution in [2.75, 3.05) is 19.7 Å². The van der Waals surface area contributed by atoms with E-state index < -0.39 is 17.8 Å². The predicted octanol–water partition coefficient (Wildman–Crippen LogP) is 6.21. The van der Waals surface area contributed by atoms with E-state index in [-0.39, 0.29) is 31.0 Å². The Morgan fingerprint density at radius 1 is 1.00 bits per heavy atom. The van der Waals surface area contributed by atoms with Crippen LogP contribution in [0, 0.1) is 0 Å². The number of aromatic nitrogens is 1. The van der Waals surface area contributed by atoms with Gasteiger partial charge in [-0.15, -0.1) is 0 Å². The molecule has 0 spiro atoms. The molecule has 3 aromatic rings. The van der Waals surface area contributed by atoms with E-state index in [1.165, 1.54) is 30.3 Å². The summed E-state index contributed by atoms with van der Waals surface area (Å²) in [6.45, 7) is 4.57. The monoisotopic (exact) mass is 556 g/mol. The van der Waals surface area contributed by atoms with Crippen molar-refractivity contribution in [3.8, 4) is 23.1 Å². The van der Waals surface area contributed by atoms with Crippen molar-refractivity contribution in [3.05, 3.63) is 90.6 Å². The second-order valence-electron chi connectivity index (χ2n) is 8.92. The van der Waals surface area contributed by atoms with Crippen LogP contribution in [0.5, 0.6) is 23.1 Å². The number of halogens is 3. The smallest absolute Gasteiger partial charge is 0.417 e. The molecular formula is C29H27F3N2O6. The van der Waals surface area contributed by atoms with Crippen molar-refractivity contribution in [2.24, 2.45) is 0 Å². The number of ether oxygens (including phenoxy) is 4. The lowest BCUT2D eigenvalue weighted by Gasteiger charge is -2.31. The summed E-state index contributed by atoms with van der Waals surface area (Å²) in [4.78, 5) is 29.7. The molecule has 8 nitrogen and oxygen atoms in total. The standard InChI is InChI=1S/C29H27F3N2O6/c1-2-16-37-27(35)18-20-4-3-5-25(17-20)38-24-12-14-34(15-13-24)28(36)40-23-9-7-22(8-10-23)39-26-11-6-21(19-33-26)29(30,31)32/h2-11,17,19,24H,1,12-16,18H2. The number of benzene rings is 2. The Bertz CT molecular complexity index is 1300. The molecule has 0 aliphatic carbocycles. The SMILES string of the molecule is C=CCOC(=O)Cc1cccc(OC2CCN(C(=O)Oc3ccc(Oc4ccc(C(F)(F)F)cn4)cc3)CC2)c1. The summed E-state index contributed by atoms with van der Waals surface area (Å²) < 4.78 is 60.0. The number of hydrogen-bond acceptors (Lipinski definition) is 7. The summed E-state index contributed by atoms with van der Waals surface area (Å²) in [7, 11) is 0. The van der Waals surface area contributed by atoms with E-state index in [1.54, 1.807) is 11.0 Å². The minimum Gasteiger partial charge on any atom is -0.490 e. The Kier molecular flexibility index (Phi) is 9.26. The van der Waals surface area contributed by atoms with E-state index in [1.807, 2.05) is 18.2 Å². The van der Waals surface area contributed by atoms with Crippen LogP contribution in [0.2, 0.25) is 0 Å². The van der Waals surface area contributed by atoms with Crippen LogP contribution in [0.25, 0.3) is 0 Å². The average molecular weight is 557 g/mol. The first-order valence-corrected chi connectivity index (χ1v) is 12.5. The number of alkyl halides is 3. The van der Waals surface area contributed by atoms with Gasteiger partial charge in [0.05, 0.1) is 12.0 Å². The van der Waals surface area contributed by atoms with Crippen LogP contribution in [0.15, 0.2) is 79.5 Å². The van der Waals surface area contributed by atoms with Gasteiger partial charge in [0.2, 0.25) is 5.88 Å². The van der Waals surface area contributed by atoms with Gasteiger partial charge in [-0.2, -0.15) is 13.2 Å². The molecule has 1 saturated heterocycles. The molecule has 0 radical (unpaired) electrons. The van der Waals surface area contributed by atoms with Gasteiger partial charge in [0.25, 0.3) is 0 Å². The minimum absolute atomic E-state index is 0.000541. The predicted molar refractivity (Wildman–Crippen MR) is 138 cm³/mol. The Morgan fingerprint density at radius 2 is 1.73 bits per heavy atom. The van der Waals surface area contributed by atoms with Crippen LogP contribution in [0.1, 0.15) is 24.0 Å². The molecule has 0 atom stereocenters. The van der Waals surface area contributed by atoms with Crippen LogP contribution in [0.3, 0.4) is 0 Å². The van der Waals surface area contributed by atoms with Crippen molar-refractivity contribution in [1.29, 1.82) is 0 Å². The molecule has 1 aliphatic heterocycles. The molecule has 0 bridgehead atoms. The zero-order valence-electron chi connectivity index (χ0n) is 21.4. The van der Waals surface area contributed by atoms with Crippen LogP contribution < -0.4 is 14.2 Å². The number of carbonyl (C=O) groups excluding carboxylic acids is 2. The molecule has 210 valence electrons. The molecule has 1 fully saturated rings. The van der Waals surface area contributed by atoms with E-state index >= 15 is 0 Å². The normalized spacial score (nSPS) is 13.8. The highest BCUT2D eigenvalue weighted by Gasteiger charge is 2.30. The number of hydrogen-bond donors (Lipinski definition) is 0. The number of amides is 1. The first-order valence-electron chi connectivity index (χ1n) is 12.5. The van der Waals surface area contributed by atoms with E-state index in [9.17, 15) is 22.8 Å². The van der Waals surface area contributed by atoms with Gasteiger partial charge in [-0.1, -0.05) is 24.8 Å². The second-order valence-corrected chi connectivity index (χ2v) is 8.92. The van der Waals surface area contributed by atoms with Crippen molar-refractivity contribution >= 4 is 12.1 Å². The summed E-state index contributed by atoms with van der Waals surface area (Å²) in [5.74, 6) is 0.911. The van der Waals surface area contributed by atoms with Gasteiger partial charge >= 0.3 is 18.2 Å². The summed E-state index contributed by atoms with van der Waals surface area (Å²) in [5, 5.41) is 0. The molecule has 2 heterocycles. The van der Waals surface area contributed by atoms with Gasteiger partial charge < -0.3 is 23.8 Å². The fraction of sp³-hybridized carbons (Fsp3) is 0.276. The van der Waals surface area contributed by atoms with E-state index in [2.05, 4.69) is 11.6 Å². The molecule has 11 heteroatoms. The molecule has 1 aliphatic rings. The highest BCUT2D eigenvalue weighted by molar-refractivity contribution is 5.73. The van der Waals surface area contributed by atoms with E-state index in [4.69, 9.17) is 18.9 Å². The molecule has 0 N–H and O–H groups in total. The Morgan fingerprint density at radius 3 is 2.38 bits per heavy atom. The Labute approximate surface area is 228 Å². The van der Waals surface area contributed by atoms with Crippen LogP contribution in [-0.2, 0) is 22.1 Å². The fourth-order valence-electron chi connectivity index (χ4n) is 3.92. The summed E-state index contributed by atoms with van der Waals surface area (Å²) in [6.07, 6.45) is -1.52. The number of esters is 1. The maximum atomic E-state index is 12.7. The van der Waals surface area contributed by atoms with E-state index in [0.717, 1.165) is 17.7 Å². The number of piperidine rings is 1. The minimum atomic E-state index is -4.48. The first-order chi connectivity index (χ1) is 19.2. The third-order valence-corrected chi connectivity index (χ3v) is 5.93. The van der Waals surface area contributed by atoms with Crippen molar-refractivity contribution in [3.63, 3.8) is 0 Å². The van der Waals surface area contributed by atoms with Crippen molar-refractivity contribution in [2.45, 2.75) is 31.5 Å². The first kappa shape index (κ1) is 28.5. The highest BCUT2D eigenvalue weighted by atomic mass is 19.4. The number of nitrogens with zero attached hydrogens (tertiary/aromatic N) is 2. The second kappa shape index (κ2) is 13.0. The highest BCUT2D eigenvalue weighted by Crippen LogP contribution is 2.30. The van der Waals surface area contributed by atoms with Gasteiger partial charge in [0.1, 0.15) is 30.0 Å². The van der Waals surface area contributed by atoms with Gasteiger partial charge in [-0.05, 0) is 48.0 Å². The number of rotatable bonds is 9. The summed E-state index contributed by atoms with van der Waals surface area (Å²) in [6, 6.07) is 15.4. The lowest BCUT2D eigenvalue weighted by Crippen LogP contribution is -2.43. The molecule has 0 unspecified atom stereocenters. The maximum Gasteiger partial charge on any atom is 0.417 e. The van der Waals surface area contributed by atoms with Gasteiger partial charge in [0.15, 0.2) is 0 Å². The largest absolute Gasteiger partial charge is 0.490 e. The third kappa shape index (κ3) is 8.23. The van der Waals surface area contributed by atoms with E-state index in [0.29, 0.717) is 49.4 Å². The molecule has 2 aromatic carbocycles. The quantitative estimate of drug-likeness (QED) is 0.229. The lowest BCUT2D eigenvalue weighted by molar-refractivity contribution is -0.141. The Hall–Kier alpha value is -4.54. The summed E-state index contributed by atoms with van der Waals surface area (Å²) in [5.41, 5.74) is -0.0924. The van der Waals surface area contributed by atoms with Crippen molar-refractivity contribution < 1.29 is 41.7 Å². The van der Waals surface area contributed by atoms with Crippen LogP contribution in [-0.4, -0.2) is 47.7 Å². The zero-order chi connectivity index (χ0) is 28.5. The summed E-state index contributed by atoms with van der Waals surface area (Å²) >= 11 is 0. The van der Waals surface area contributed by atoms with Crippen LogP contribution >= 0.6 is 0 Å². The average Bonchev–Trinajstić information content (AvgIpc) is 2.93. The molecule has 4 rings (SSSR count). The molecule has 1 aromatic heterocycles. The maximum absolute atomic E-state index is 12.7. The fourth-order valence-corrected chi connectivity index (χ4v) is 3.92. The van der Waals surface area contributed by atoms with Crippen LogP contribution in [0.4, 0.5) is 18.0 Å². The third-order valence-electron chi connectivity index (χ3n) is 5.93. The van der Waals surface area contributed by atoms with Gasteiger partial charge in [-0.25, -0.2) is 9.78 Å². The Balaban J connectivity index is 1.22. The number of pyridine rings is 1. The molecule has 1 amide bonds. The van der Waals surface area contributed by atoms with Crippen molar-refractivity contribution in [1.82, 2.24) is 9.88 Å². The topological polar surface area (TPSA) is 87.2 Å². The lowest BCUT2D eigenvalue weighted by atomic mass is 10.1. The molecule has 0 saturated carbocycles. The number of carbonyl (C=O) groups is 2. The molecule has 40 heavy (non-hydrogen) atoms. The van der Waals surface area contributed by atoms with Gasteiger partial charge in [-0.3, -0.25) is 4.79 Å². The van der Waals surface area contributed by atoms with Gasteiger partial charge in [0, 0.05) is 38.2 Å².